The predicted octanol–water partition coefficient (Wildman–Crippen LogP) is 5.74. The molecule has 148 valence electrons. The van der Waals surface area contributed by atoms with Crippen molar-refractivity contribution in [3.8, 4) is 11.8 Å². The van der Waals surface area contributed by atoms with E-state index in [1.807, 2.05) is 66.7 Å². The highest BCUT2D eigenvalue weighted by molar-refractivity contribution is 7.95. The van der Waals surface area contributed by atoms with E-state index in [0.29, 0.717) is 16.3 Å². The van der Waals surface area contributed by atoms with Gasteiger partial charge in [0, 0.05) is 10.6 Å². The summed E-state index contributed by atoms with van der Waals surface area (Å²) in [6.45, 7) is 0. The zero-order valence-corrected chi connectivity index (χ0v) is 17.3. The lowest BCUT2D eigenvalue weighted by atomic mass is 9.96. The fourth-order valence-electron chi connectivity index (χ4n) is 3.23. The molecule has 0 spiro atoms. The smallest absolute Gasteiger partial charge is 0.216 e. The van der Waals surface area contributed by atoms with Crippen molar-refractivity contribution in [2.24, 2.45) is 0 Å². The van der Waals surface area contributed by atoms with E-state index in [1.165, 1.54) is 30.3 Å². The number of sulfone groups is 1. The van der Waals surface area contributed by atoms with Gasteiger partial charge in [-0.25, -0.2) is 8.42 Å². The maximum atomic E-state index is 13.0. The topological polar surface area (TPSA) is 67.2 Å². The third-order valence-electron chi connectivity index (χ3n) is 4.71. The molecule has 0 N–H and O–H groups in total. The van der Waals surface area contributed by atoms with Crippen LogP contribution in [-0.4, -0.2) is 8.42 Å². The monoisotopic (exact) mass is 433 g/mol. The van der Waals surface area contributed by atoms with Crippen LogP contribution in [-0.2, 0) is 9.84 Å². The van der Waals surface area contributed by atoms with Crippen molar-refractivity contribution in [3.05, 3.63) is 112 Å². The molecule has 0 bridgehead atoms. The van der Waals surface area contributed by atoms with E-state index in [-0.39, 0.29) is 9.80 Å². The van der Waals surface area contributed by atoms with Crippen LogP contribution in [0.5, 0.6) is 5.75 Å². The summed E-state index contributed by atoms with van der Waals surface area (Å²) in [5, 5.41) is 10.1. The molecule has 3 aromatic carbocycles. The SMILES string of the molecule is N#C/C(=C\C1=Cc2ccccc2OC1c1ccccc1)S(=O)(=O)c1ccc(Cl)cc1. The van der Waals surface area contributed by atoms with Crippen LogP contribution < -0.4 is 4.74 Å². The first-order chi connectivity index (χ1) is 14.5. The van der Waals surface area contributed by atoms with Crippen molar-refractivity contribution in [3.63, 3.8) is 0 Å². The Morgan fingerprint density at radius 3 is 2.33 bits per heavy atom. The van der Waals surface area contributed by atoms with Crippen molar-refractivity contribution >= 4 is 27.5 Å². The summed E-state index contributed by atoms with van der Waals surface area (Å²) in [4.78, 5) is -0.353. The van der Waals surface area contributed by atoms with Gasteiger partial charge in [-0.3, -0.25) is 0 Å². The molecule has 0 aromatic heterocycles. The van der Waals surface area contributed by atoms with Crippen LogP contribution in [0.1, 0.15) is 17.2 Å². The van der Waals surface area contributed by atoms with Gasteiger partial charge in [-0.2, -0.15) is 5.26 Å². The summed E-state index contributed by atoms with van der Waals surface area (Å²) in [5.41, 5.74) is 2.25. The second-order valence-electron chi connectivity index (χ2n) is 6.67. The minimum Gasteiger partial charge on any atom is -0.480 e. The first-order valence-electron chi connectivity index (χ1n) is 9.14. The molecule has 0 aliphatic carbocycles. The lowest BCUT2D eigenvalue weighted by molar-refractivity contribution is 0.243. The highest BCUT2D eigenvalue weighted by Gasteiger charge is 2.27. The summed E-state index contributed by atoms with van der Waals surface area (Å²) >= 11 is 5.87. The van der Waals surface area contributed by atoms with Crippen LogP contribution in [0.15, 0.2) is 100 Å². The molecule has 1 heterocycles. The van der Waals surface area contributed by atoms with Crippen LogP contribution >= 0.6 is 11.6 Å². The number of hydrogen-bond donors (Lipinski definition) is 0. The third kappa shape index (κ3) is 3.88. The summed E-state index contributed by atoms with van der Waals surface area (Å²) in [5.74, 6) is 0.697. The number of ether oxygens (including phenoxy) is 1. The first kappa shape index (κ1) is 20.0. The van der Waals surface area contributed by atoms with Gasteiger partial charge in [0.2, 0.25) is 9.84 Å². The summed E-state index contributed by atoms with van der Waals surface area (Å²) in [6.07, 6.45) is 2.70. The van der Waals surface area contributed by atoms with Gasteiger partial charge in [0.1, 0.15) is 22.8 Å². The van der Waals surface area contributed by atoms with Crippen LogP contribution in [0.3, 0.4) is 0 Å². The molecule has 0 saturated carbocycles. The van der Waals surface area contributed by atoms with Crippen molar-refractivity contribution in [2.75, 3.05) is 0 Å². The lowest BCUT2D eigenvalue weighted by Crippen LogP contribution is -2.15. The molecule has 0 fully saturated rings. The van der Waals surface area contributed by atoms with Crippen molar-refractivity contribution in [1.29, 1.82) is 5.26 Å². The average Bonchev–Trinajstić information content (AvgIpc) is 2.77. The van der Waals surface area contributed by atoms with Gasteiger partial charge in [-0.05, 0) is 53.6 Å². The van der Waals surface area contributed by atoms with E-state index < -0.39 is 15.9 Å². The van der Waals surface area contributed by atoms with E-state index >= 15 is 0 Å². The van der Waals surface area contributed by atoms with Gasteiger partial charge in [-0.1, -0.05) is 60.1 Å². The molecule has 4 nitrogen and oxygen atoms in total. The van der Waals surface area contributed by atoms with Crippen LogP contribution in [0.2, 0.25) is 5.02 Å². The number of nitriles is 1. The van der Waals surface area contributed by atoms with Gasteiger partial charge in [-0.15, -0.1) is 0 Å². The minimum atomic E-state index is -4.01. The number of benzene rings is 3. The second-order valence-corrected chi connectivity index (χ2v) is 9.02. The van der Waals surface area contributed by atoms with Crippen LogP contribution in [0.4, 0.5) is 0 Å². The Morgan fingerprint density at radius 1 is 0.967 bits per heavy atom. The highest BCUT2D eigenvalue weighted by Crippen LogP contribution is 2.38. The molecule has 3 aromatic rings. The standard InChI is InChI=1S/C24H16ClNO3S/c25-20-10-12-21(13-11-20)30(27,28)22(16-26)15-19-14-18-8-4-5-9-23(18)29-24(19)17-6-2-1-3-7-17/h1-15,24H/b22-15+. The number of rotatable bonds is 4. The first-order valence-corrected chi connectivity index (χ1v) is 11.0. The minimum absolute atomic E-state index is 0.00805. The zero-order chi connectivity index (χ0) is 21.1. The van der Waals surface area contributed by atoms with Crippen LogP contribution in [0.25, 0.3) is 6.08 Å². The molecule has 1 atom stereocenters. The number of hydrogen-bond acceptors (Lipinski definition) is 4. The Hall–Kier alpha value is -3.33. The molecule has 30 heavy (non-hydrogen) atoms. The molecular weight excluding hydrogens is 418 g/mol. The molecular formula is C24H16ClNO3S. The largest absolute Gasteiger partial charge is 0.480 e. The maximum absolute atomic E-state index is 13.0. The molecule has 1 aliphatic rings. The Kier molecular flexibility index (Phi) is 5.45. The molecule has 1 unspecified atom stereocenters. The van der Waals surface area contributed by atoms with E-state index in [0.717, 1.165) is 11.1 Å². The number of allylic oxidation sites excluding steroid dienone is 1. The maximum Gasteiger partial charge on any atom is 0.216 e. The molecule has 0 radical (unpaired) electrons. The normalized spacial score (nSPS) is 16.1. The Balaban J connectivity index is 1.84. The number of halogens is 1. The fourth-order valence-corrected chi connectivity index (χ4v) is 4.51. The second kappa shape index (κ2) is 8.19. The van der Waals surface area contributed by atoms with E-state index in [9.17, 15) is 13.7 Å². The Morgan fingerprint density at radius 2 is 1.63 bits per heavy atom. The predicted molar refractivity (Wildman–Crippen MR) is 117 cm³/mol. The fraction of sp³-hybridized carbons (Fsp3) is 0.0417. The number of fused-ring (bicyclic) bond motifs is 1. The molecule has 1 aliphatic heterocycles. The van der Waals surface area contributed by atoms with Gasteiger partial charge >= 0.3 is 0 Å². The number of nitrogens with zero attached hydrogens (tertiary/aromatic N) is 1. The van der Waals surface area contributed by atoms with E-state index in [2.05, 4.69) is 0 Å². The average molecular weight is 434 g/mol. The van der Waals surface area contributed by atoms with E-state index in [4.69, 9.17) is 16.3 Å². The summed E-state index contributed by atoms with van der Waals surface area (Å²) < 4.78 is 32.2. The number of para-hydroxylation sites is 1. The lowest BCUT2D eigenvalue weighted by Gasteiger charge is -2.26. The molecule has 6 heteroatoms. The van der Waals surface area contributed by atoms with Crippen molar-refractivity contribution < 1.29 is 13.2 Å². The van der Waals surface area contributed by atoms with Crippen molar-refractivity contribution in [2.45, 2.75) is 11.0 Å². The summed E-state index contributed by atoms with van der Waals surface area (Å²) in [7, 11) is -4.01. The van der Waals surface area contributed by atoms with Gasteiger partial charge in [0.25, 0.3) is 0 Å². The Bertz CT molecular complexity index is 1290. The zero-order valence-electron chi connectivity index (χ0n) is 15.7. The third-order valence-corrected chi connectivity index (χ3v) is 6.65. The van der Waals surface area contributed by atoms with Crippen molar-refractivity contribution in [1.82, 2.24) is 0 Å². The van der Waals surface area contributed by atoms with Gasteiger partial charge in [0.05, 0.1) is 4.90 Å². The van der Waals surface area contributed by atoms with E-state index in [1.54, 1.807) is 0 Å². The Labute approximate surface area is 180 Å². The van der Waals surface area contributed by atoms with Gasteiger partial charge < -0.3 is 4.74 Å². The quantitative estimate of drug-likeness (QED) is 0.492. The van der Waals surface area contributed by atoms with Gasteiger partial charge in [0.15, 0.2) is 0 Å². The summed E-state index contributed by atoms with van der Waals surface area (Å²) in [6, 6.07) is 24.5. The molecule has 0 saturated heterocycles. The molecule has 4 rings (SSSR count). The highest BCUT2D eigenvalue weighted by atomic mass is 35.5. The molecule has 0 amide bonds. The van der Waals surface area contributed by atoms with Crippen LogP contribution in [0, 0.1) is 11.3 Å².